The second kappa shape index (κ2) is 7.05. The Labute approximate surface area is 106 Å². The van der Waals surface area contributed by atoms with E-state index in [2.05, 4.69) is 10.1 Å². The molecular formula is C11H21N3O4. The van der Waals surface area contributed by atoms with Crippen molar-refractivity contribution >= 4 is 12.1 Å². The lowest BCUT2D eigenvalue weighted by Gasteiger charge is -2.37. The summed E-state index contributed by atoms with van der Waals surface area (Å²) in [6.45, 7) is 1.11. The van der Waals surface area contributed by atoms with Crippen LogP contribution in [0, 0.1) is 5.92 Å². The number of primary amides is 1. The molecular weight excluding hydrogens is 238 g/mol. The van der Waals surface area contributed by atoms with Crippen molar-refractivity contribution in [3.63, 3.8) is 0 Å². The zero-order chi connectivity index (χ0) is 13.5. The van der Waals surface area contributed by atoms with Gasteiger partial charge < -0.3 is 25.8 Å². The smallest absolute Gasteiger partial charge is 0.407 e. The summed E-state index contributed by atoms with van der Waals surface area (Å²) in [6, 6.07) is -0.636. The van der Waals surface area contributed by atoms with Crippen LogP contribution in [0.4, 0.5) is 9.59 Å². The first-order valence-electron chi connectivity index (χ1n) is 6.06. The van der Waals surface area contributed by atoms with Crippen molar-refractivity contribution in [2.24, 2.45) is 11.7 Å². The number of carbonyl (C=O) groups excluding carboxylic acids is 2. The number of alkyl carbamates (subject to hydrolysis) is 1. The third-order valence-corrected chi connectivity index (χ3v) is 3.13. The number of ether oxygens (including phenoxy) is 1. The largest absolute Gasteiger partial charge is 0.453 e. The van der Waals surface area contributed by atoms with Crippen LogP contribution >= 0.6 is 0 Å². The number of hydrogen-bond donors (Lipinski definition) is 3. The average Bonchev–Trinajstić information content (AvgIpc) is 2.35. The molecule has 1 aliphatic heterocycles. The summed E-state index contributed by atoms with van der Waals surface area (Å²) >= 11 is 0. The van der Waals surface area contributed by atoms with Gasteiger partial charge >= 0.3 is 12.1 Å². The molecule has 0 radical (unpaired) electrons. The minimum Gasteiger partial charge on any atom is -0.453 e. The number of nitrogens with two attached hydrogens (primary N) is 1. The maximum atomic E-state index is 11.2. The van der Waals surface area contributed by atoms with Gasteiger partial charge in [0.15, 0.2) is 0 Å². The van der Waals surface area contributed by atoms with E-state index in [0.717, 1.165) is 12.8 Å². The van der Waals surface area contributed by atoms with Crippen molar-refractivity contribution in [2.45, 2.75) is 25.3 Å². The second-order valence-electron chi connectivity index (χ2n) is 4.54. The lowest BCUT2D eigenvalue weighted by molar-refractivity contribution is 0.129. The number of hydrogen-bond acceptors (Lipinski definition) is 4. The molecule has 4 N–H and O–H groups in total. The van der Waals surface area contributed by atoms with Gasteiger partial charge in [0.25, 0.3) is 0 Å². The molecule has 3 amide bonds. The quantitative estimate of drug-likeness (QED) is 0.654. The highest BCUT2D eigenvalue weighted by Crippen LogP contribution is 2.21. The van der Waals surface area contributed by atoms with E-state index in [0.29, 0.717) is 19.5 Å². The van der Waals surface area contributed by atoms with Crippen LogP contribution in [0.2, 0.25) is 0 Å². The number of piperidine rings is 1. The van der Waals surface area contributed by atoms with E-state index in [-0.39, 0.29) is 18.6 Å². The van der Waals surface area contributed by atoms with Crippen molar-refractivity contribution in [1.29, 1.82) is 0 Å². The number of aliphatic hydroxyl groups is 1. The fourth-order valence-corrected chi connectivity index (χ4v) is 2.30. The maximum absolute atomic E-state index is 11.2. The first-order chi connectivity index (χ1) is 8.56. The predicted molar refractivity (Wildman–Crippen MR) is 64.9 cm³/mol. The van der Waals surface area contributed by atoms with Gasteiger partial charge in [-0.25, -0.2) is 9.59 Å². The van der Waals surface area contributed by atoms with Gasteiger partial charge in [-0.3, -0.25) is 0 Å². The Balaban J connectivity index is 2.56. The number of likely N-dealkylation sites (tertiary alicyclic amines) is 1. The minimum atomic E-state index is -0.507. The van der Waals surface area contributed by atoms with E-state index in [9.17, 15) is 9.59 Å². The van der Waals surface area contributed by atoms with Crippen LogP contribution in [-0.4, -0.2) is 55.0 Å². The van der Waals surface area contributed by atoms with Gasteiger partial charge in [0, 0.05) is 19.7 Å². The topological polar surface area (TPSA) is 105 Å². The van der Waals surface area contributed by atoms with Crippen molar-refractivity contribution in [3.05, 3.63) is 0 Å². The summed E-state index contributed by atoms with van der Waals surface area (Å²) in [6.07, 6.45) is 1.74. The van der Waals surface area contributed by atoms with Gasteiger partial charge in [-0.2, -0.15) is 0 Å². The maximum Gasteiger partial charge on any atom is 0.407 e. The molecule has 0 aromatic carbocycles. The lowest BCUT2D eigenvalue weighted by atomic mass is 9.90. The number of aliphatic hydroxyl groups excluding tert-OH is 1. The van der Waals surface area contributed by atoms with Crippen molar-refractivity contribution in [2.75, 3.05) is 26.8 Å². The Morgan fingerprint density at radius 2 is 2.22 bits per heavy atom. The fraction of sp³-hybridized carbons (Fsp3) is 0.818. The highest BCUT2D eigenvalue weighted by Gasteiger charge is 2.29. The standard InChI is InChI=1S/C11H21N3O4/c1-18-11(17)13-9-5-8(3-2-4-15)6-14(7-9)10(12)16/h8-9,15H,2-7H2,1H3,(H2,12,16)(H,13,17). The highest BCUT2D eigenvalue weighted by molar-refractivity contribution is 5.72. The average molecular weight is 259 g/mol. The molecule has 1 fully saturated rings. The number of carbonyl (C=O) groups is 2. The molecule has 0 spiro atoms. The molecule has 1 aliphatic rings. The van der Waals surface area contributed by atoms with Crippen LogP contribution in [0.15, 0.2) is 0 Å². The minimum absolute atomic E-state index is 0.127. The molecule has 0 aliphatic carbocycles. The molecule has 2 unspecified atom stereocenters. The Morgan fingerprint density at radius 1 is 1.50 bits per heavy atom. The van der Waals surface area contributed by atoms with Gasteiger partial charge in [0.1, 0.15) is 0 Å². The van der Waals surface area contributed by atoms with Gasteiger partial charge in [0.05, 0.1) is 13.2 Å². The summed E-state index contributed by atoms with van der Waals surface area (Å²) in [4.78, 5) is 23.9. The third-order valence-electron chi connectivity index (χ3n) is 3.13. The molecule has 2 atom stereocenters. The predicted octanol–water partition coefficient (Wildman–Crippen LogP) is -0.116. The van der Waals surface area contributed by atoms with Gasteiger partial charge in [-0.15, -0.1) is 0 Å². The van der Waals surface area contributed by atoms with E-state index in [1.165, 1.54) is 12.0 Å². The molecule has 7 heteroatoms. The summed E-state index contributed by atoms with van der Waals surface area (Å²) in [5.74, 6) is 0.237. The Morgan fingerprint density at radius 3 is 2.78 bits per heavy atom. The zero-order valence-electron chi connectivity index (χ0n) is 10.6. The molecule has 0 bridgehead atoms. The van der Waals surface area contributed by atoms with Gasteiger partial charge in [-0.1, -0.05) is 0 Å². The zero-order valence-corrected chi connectivity index (χ0v) is 10.6. The molecule has 1 saturated heterocycles. The number of nitrogens with one attached hydrogen (secondary N) is 1. The van der Waals surface area contributed by atoms with E-state index < -0.39 is 12.1 Å². The summed E-state index contributed by atoms with van der Waals surface area (Å²) in [5.41, 5.74) is 5.28. The van der Waals surface area contributed by atoms with E-state index in [4.69, 9.17) is 10.8 Å². The lowest BCUT2D eigenvalue weighted by Crippen LogP contribution is -2.54. The number of nitrogens with zero attached hydrogens (tertiary/aromatic N) is 1. The molecule has 0 saturated carbocycles. The van der Waals surface area contributed by atoms with E-state index in [1.807, 2.05) is 0 Å². The van der Waals surface area contributed by atoms with Gasteiger partial charge in [-0.05, 0) is 25.2 Å². The van der Waals surface area contributed by atoms with Crippen molar-refractivity contribution in [3.8, 4) is 0 Å². The molecule has 0 aromatic rings. The summed E-state index contributed by atoms with van der Waals surface area (Å²) in [7, 11) is 1.30. The first-order valence-corrected chi connectivity index (χ1v) is 6.06. The third kappa shape index (κ3) is 4.40. The van der Waals surface area contributed by atoms with Gasteiger partial charge in [0.2, 0.25) is 0 Å². The van der Waals surface area contributed by atoms with Crippen LogP contribution < -0.4 is 11.1 Å². The number of methoxy groups -OCH3 is 1. The van der Waals surface area contributed by atoms with E-state index >= 15 is 0 Å². The molecule has 104 valence electrons. The molecule has 18 heavy (non-hydrogen) atoms. The first kappa shape index (κ1) is 14.6. The van der Waals surface area contributed by atoms with Crippen LogP contribution in [0.3, 0.4) is 0 Å². The summed E-state index contributed by atoms with van der Waals surface area (Å²) in [5, 5.41) is 11.5. The Hall–Kier alpha value is -1.50. The number of amides is 3. The van der Waals surface area contributed by atoms with Crippen LogP contribution in [0.25, 0.3) is 0 Å². The van der Waals surface area contributed by atoms with E-state index in [1.54, 1.807) is 0 Å². The number of urea groups is 1. The van der Waals surface area contributed by atoms with Crippen molar-refractivity contribution < 1.29 is 19.4 Å². The molecule has 1 heterocycles. The Kier molecular flexibility index (Phi) is 5.70. The fourth-order valence-electron chi connectivity index (χ4n) is 2.30. The summed E-state index contributed by atoms with van der Waals surface area (Å²) < 4.78 is 4.54. The molecule has 1 rings (SSSR count). The number of rotatable bonds is 4. The molecule has 0 aromatic heterocycles. The highest BCUT2D eigenvalue weighted by atomic mass is 16.5. The second-order valence-corrected chi connectivity index (χ2v) is 4.54. The Bertz CT molecular complexity index is 298. The van der Waals surface area contributed by atoms with Crippen LogP contribution in [0.5, 0.6) is 0 Å². The van der Waals surface area contributed by atoms with Crippen LogP contribution in [-0.2, 0) is 4.74 Å². The normalized spacial score (nSPS) is 23.6. The SMILES string of the molecule is COC(=O)NC1CC(CCCO)CN(C(N)=O)C1. The monoisotopic (exact) mass is 259 g/mol. The van der Waals surface area contributed by atoms with Crippen molar-refractivity contribution in [1.82, 2.24) is 10.2 Å². The molecule has 7 nitrogen and oxygen atoms in total. The van der Waals surface area contributed by atoms with Crippen LogP contribution in [0.1, 0.15) is 19.3 Å².